The molecule has 6 heteroatoms. The molecule has 6 nitrogen and oxygen atoms in total. The minimum atomic E-state index is -0.0783. The van der Waals surface area contributed by atoms with E-state index in [1.165, 1.54) is 0 Å². The first-order chi connectivity index (χ1) is 12.1. The lowest BCUT2D eigenvalue weighted by molar-refractivity contribution is 0.0741. The third-order valence-electron chi connectivity index (χ3n) is 4.01. The van der Waals surface area contributed by atoms with Crippen LogP contribution in [0.3, 0.4) is 0 Å². The van der Waals surface area contributed by atoms with Gasteiger partial charge in [-0.15, -0.1) is 0 Å². The predicted octanol–water partition coefficient (Wildman–Crippen LogP) is 2.76. The van der Waals surface area contributed by atoms with Gasteiger partial charge in [0, 0.05) is 13.1 Å². The Labute approximate surface area is 146 Å². The number of aryl methyl sites for hydroxylation is 1. The summed E-state index contributed by atoms with van der Waals surface area (Å²) in [4.78, 5) is 14.8. The third kappa shape index (κ3) is 3.72. The van der Waals surface area contributed by atoms with Crippen molar-refractivity contribution in [2.45, 2.75) is 26.4 Å². The molecule has 2 aromatic rings. The molecular weight excluding hydrogens is 316 g/mol. The second-order valence-electron chi connectivity index (χ2n) is 6.18. The van der Waals surface area contributed by atoms with Crippen molar-refractivity contribution < 1.29 is 9.53 Å². The number of amides is 1. The van der Waals surface area contributed by atoms with Crippen molar-refractivity contribution >= 4 is 5.91 Å². The molecule has 0 atom stereocenters. The first-order valence-electron chi connectivity index (χ1n) is 8.21. The Morgan fingerprint density at radius 2 is 2.20 bits per heavy atom. The molecule has 0 unspecified atom stereocenters. The number of ether oxygens (including phenoxy) is 1. The summed E-state index contributed by atoms with van der Waals surface area (Å²) < 4.78 is 7.54. The number of nitrogens with zero attached hydrogens (tertiary/aromatic N) is 4. The van der Waals surface area contributed by atoms with Gasteiger partial charge in [0.25, 0.3) is 5.91 Å². The van der Waals surface area contributed by atoms with Crippen LogP contribution in [0.15, 0.2) is 42.5 Å². The van der Waals surface area contributed by atoms with Crippen molar-refractivity contribution in [3.8, 4) is 11.8 Å². The molecule has 2 heterocycles. The second kappa shape index (κ2) is 7.22. The Morgan fingerprint density at radius 3 is 2.96 bits per heavy atom. The molecule has 25 heavy (non-hydrogen) atoms. The molecule has 0 N–H and O–H groups in total. The highest BCUT2D eigenvalue weighted by atomic mass is 16.5. The molecule has 1 aromatic heterocycles. The van der Waals surface area contributed by atoms with E-state index in [1.54, 1.807) is 23.1 Å². The summed E-state index contributed by atoms with van der Waals surface area (Å²) in [5.74, 6) is 0.483. The average molecular weight is 336 g/mol. The lowest BCUT2D eigenvalue weighted by Gasteiger charge is -2.21. The van der Waals surface area contributed by atoms with Crippen LogP contribution in [-0.2, 0) is 13.1 Å². The average Bonchev–Trinajstić information content (AvgIpc) is 2.90. The summed E-state index contributed by atoms with van der Waals surface area (Å²) in [6, 6.07) is 11.1. The molecular formula is C19H20N4O2. The SMILES string of the molecule is C=C(C)COc1ccccc1C(=O)N1CCCn2nc(C#N)cc2C1. The number of aromatic nitrogens is 2. The van der Waals surface area contributed by atoms with Crippen molar-refractivity contribution in [1.82, 2.24) is 14.7 Å². The first-order valence-corrected chi connectivity index (χ1v) is 8.21. The van der Waals surface area contributed by atoms with Crippen LogP contribution >= 0.6 is 0 Å². The van der Waals surface area contributed by atoms with Gasteiger partial charge in [0.1, 0.15) is 18.4 Å². The maximum absolute atomic E-state index is 13.0. The number of carbonyl (C=O) groups is 1. The van der Waals surface area contributed by atoms with Crippen LogP contribution in [0, 0.1) is 11.3 Å². The molecule has 0 fully saturated rings. The van der Waals surface area contributed by atoms with Crippen LogP contribution in [0.5, 0.6) is 5.75 Å². The van der Waals surface area contributed by atoms with E-state index in [0.717, 1.165) is 17.7 Å². The molecule has 0 aliphatic carbocycles. The number of para-hydroxylation sites is 1. The predicted molar refractivity (Wildman–Crippen MR) is 93.1 cm³/mol. The van der Waals surface area contributed by atoms with Gasteiger partial charge < -0.3 is 9.64 Å². The van der Waals surface area contributed by atoms with Gasteiger partial charge in [-0.05, 0) is 37.1 Å². The van der Waals surface area contributed by atoms with Crippen LogP contribution in [0.1, 0.15) is 35.1 Å². The number of carbonyl (C=O) groups excluding carboxylic acids is 1. The van der Waals surface area contributed by atoms with E-state index >= 15 is 0 Å². The Hall–Kier alpha value is -3.07. The molecule has 0 bridgehead atoms. The van der Waals surface area contributed by atoms with Crippen molar-refractivity contribution in [2.24, 2.45) is 0 Å². The zero-order valence-corrected chi connectivity index (χ0v) is 14.2. The summed E-state index contributed by atoms with van der Waals surface area (Å²) >= 11 is 0. The first kappa shape index (κ1) is 16.8. The standard InChI is InChI=1S/C19H20N4O2/c1-14(2)13-25-18-7-4-3-6-17(18)19(24)22-8-5-9-23-16(12-22)10-15(11-20)21-23/h3-4,6-7,10H,1,5,8-9,12-13H2,2H3. The molecule has 1 aliphatic rings. The third-order valence-corrected chi connectivity index (χ3v) is 4.01. The largest absolute Gasteiger partial charge is 0.488 e. The lowest BCUT2D eigenvalue weighted by Crippen LogP contribution is -2.31. The van der Waals surface area contributed by atoms with Crippen LogP contribution in [0.2, 0.25) is 0 Å². The number of hydrogen-bond acceptors (Lipinski definition) is 4. The van der Waals surface area contributed by atoms with Gasteiger partial charge in [-0.1, -0.05) is 18.7 Å². The van der Waals surface area contributed by atoms with Crippen molar-refractivity contribution in [1.29, 1.82) is 5.26 Å². The molecule has 1 aromatic carbocycles. The Bertz CT molecular complexity index is 847. The van der Waals surface area contributed by atoms with Gasteiger partial charge in [-0.25, -0.2) is 0 Å². The highest BCUT2D eigenvalue weighted by Gasteiger charge is 2.23. The fourth-order valence-corrected chi connectivity index (χ4v) is 2.83. The van der Waals surface area contributed by atoms with Crippen LogP contribution in [0.4, 0.5) is 0 Å². The Balaban J connectivity index is 1.83. The monoisotopic (exact) mass is 336 g/mol. The quantitative estimate of drug-likeness (QED) is 0.805. The van der Waals surface area contributed by atoms with E-state index in [4.69, 9.17) is 10.00 Å². The van der Waals surface area contributed by atoms with Crippen molar-refractivity contribution in [3.63, 3.8) is 0 Å². The van der Waals surface area contributed by atoms with Gasteiger partial charge in [0.2, 0.25) is 0 Å². The minimum Gasteiger partial charge on any atom is -0.488 e. The second-order valence-corrected chi connectivity index (χ2v) is 6.18. The Morgan fingerprint density at radius 1 is 1.40 bits per heavy atom. The number of rotatable bonds is 4. The molecule has 1 aliphatic heterocycles. The summed E-state index contributed by atoms with van der Waals surface area (Å²) in [5.41, 5.74) is 2.69. The van der Waals surface area contributed by atoms with Gasteiger partial charge in [0.05, 0.1) is 17.8 Å². The number of hydrogen-bond donors (Lipinski definition) is 0. The zero-order chi connectivity index (χ0) is 17.8. The lowest BCUT2D eigenvalue weighted by atomic mass is 10.1. The molecule has 1 amide bonds. The van der Waals surface area contributed by atoms with Crippen LogP contribution in [-0.4, -0.2) is 33.7 Å². The van der Waals surface area contributed by atoms with Gasteiger partial charge in [-0.3, -0.25) is 9.48 Å². The van der Waals surface area contributed by atoms with E-state index in [2.05, 4.69) is 17.7 Å². The highest BCUT2D eigenvalue weighted by molar-refractivity contribution is 5.96. The normalized spacial score (nSPS) is 13.5. The Kier molecular flexibility index (Phi) is 4.85. The topological polar surface area (TPSA) is 71.2 Å². The highest BCUT2D eigenvalue weighted by Crippen LogP contribution is 2.23. The summed E-state index contributed by atoms with van der Waals surface area (Å²) in [6.45, 7) is 7.86. The fourth-order valence-electron chi connectivity index (χ4n) is 2.83. The van der Waals surface area contributed by atoms with Crippen molar-refractivity contribution in [3.05, 3.63) is 59.4 Å². The number of fused-ring (bicyclic) bond motifs is 1. The summed E-state index contributed by atoms with van der Waals surface area (Å²) in [5, 5.41) is 13.3. The summed E-state index contributed by atoms with van der Waals surface area (Å²) in [7, 11) is 0. The molecule has 0 spiro atoms. The summed E-state index contributed by atoms with van der Waals surface area (Å²) in [6.07, 6.45) is 0.792. The number of benzene rings is 1. The molecule has 0 saturated heterocycles. The molecule has 128 valence electrons. The number of nitriles is 1. The van der Waals surface area contributed by atoms with Gasteiger partial charge in [0.15, 0.2) is 5.69 Å². The van der Waals surface area contributed by atoms with E-state index in [1.807, 2.05) is 23.7 Å². The van der Waals surface area contributed by atoms with Crippen LogP contribution < -0.4 is 4.74 Å². The van der Waals surface area contributed by atoms with Crippen molar-refractivity contribution in [2.75, 3.05) is 13.2 Å². The smallest absolute Gasteiger partial charge is 0.257 e. The van der Waals surface area contributed by atoms with E-state index in [0.29, 0.717) is 43.2 Å². The van der Waals surface area contributed by atoms with Crippen LogP contribution in [0.25, 0.3) is 0 Å². The molecule has 0 radical (unpaired) electrons. The molecule has 0 saturated carbocycles. The van der Waals surface area contributed by atoms with Gasteiger partial charge >= 0.3 is 0 Å². The molecule has 3 rings (SSSR count). The maximum atomic E-state index is 13.0. The maximum Gasteiger partial charge on any atom is 0.257 e. The van der Waals surface area contributed by atoms with E-state index in [9.17, 15) is 4.79 Å². The van der Waals surface area contributed by atoms with Gasteiger partial charge in [-0.2, -0.15) is 10.4 Å². The van der Waals surface area contributed by atoms with E-state index in [-0.39, 0.29) is 5.91 Å². The minimum absolute atomic E-state index is 0.0783. The zero-order valence-electron chi connectivity index (χ0n) is 14.2. The fraction of sp³-hybridized carbons (Fsp3) is 0.316. The van der Waals surface area contributed by atoms with E-state index < -0.39 is 0 Å².